The van der Waals surface area contributed by atoms with Crippen LogP contribution in [-0.2, 0) is 37.2 Å². The number of aromatic nitrogens is 8. The fraction of sp³-hybridized carbons (Fsp3) is 0.690. The number of H-pyrrole nitrogens is 2. The van der Waals surface area contributed by atoms with Crippen LogP contribution in [0.2, 0.25) is 0 Å². The summed E-state index contributed by atoms with van der Waals surface area (Å²) >= 11 is 0. The summed E-state index contributed by atoms with van der Waals surface area (Å²) in [5, 5.41) is 14.7. The predicted molar refractivity (Wildman–Crippen MR) is 256 cm³/mol. The Morgan fingerprint density at radius 2 is 1.32 bits per heavy atom. The van der Waals surface area contributed by atoms with Crippen molar-refractivity contribution in [1.29, 1.82) is 0 Å². The molecule has 24 nitrogen and oxygen atoms in total. The first-order chi connectivity index (χ1) is 31.2. The highest BCUT2D eigenvalue weighted by atomic mass is 31.2. The van der Waals surface area contributed by atoms with Gasteiger partial charge in [-0.15, -0.1) is 9.42 Å². The number of ether oxygens (including phenoxy) is 2. The number of fused-ring (bicyclic) bond motifs is 2. The lowest BCUT2D eigenvalue weighted by Gasteiger charge is -2.38. The molecule has 2 unspecified atom stereocenters. The van der Waals surface area contributed by atoms with Crippen molar-refractivity contribution in [2.75, 3.05) is 30.4 Å². The van der Waals surface area contributed by atoms with Crippen LogP contribution in [0.4, 0.5) is 11.9 Å². The van der Waals surface area contributed by atoms with Crippen LogP contribution in [-0.4, -0.2) is 122 Å². The molecule has 68 heavy (non-hydrogen) atoms. The van der Waals surface area contributed by atoms with E-state index < -0.39 is 64.6 Å². The Morgan fingerprint density at radius 1 is 0.868 bits per heavy atom. The number of imidazole rings is 2. The van der Waals surface area contributed by atoms with Crippen molar-refractivity contribution in [3.05, 3.63) is 44.8 Å². The minimum Gasteiger partial charge on any atom is -0.394 e. The minimum atomic E-state index is -2.93. The van der Waals surface area contributed by atoms with E-state index in [1.165, 1.54) is 17.2 Å². The maximum atomic E-state index is 12.8. The SMILES string of the molecule is C.C.CC(C)C(=O)Nc1nc2c(ncn2[C@@H]2O[C@H](CO)[C@@H](C)[C@H]2O[P+](=O)O)c(=O)[nH]1.[C-]#[N+]CCOP(O[C@@H]1[C@H](C)[C@@H](CC)O[C@H]1n1cnc2c(=O)[nH]c(NC(=O)C(C)C)nc21)N(C(C)C)C(C)C. The second kappa shape index (κ2) is 25.3. The molecule has 2 saturated heterocycles. The number of amides is 2. The van der Waals surface area contributed by atoms with Gasteiger partial charge in [0.2, 0.25) is 30.3 Å². The standard InChI is InChI=1S/C25H40N7O5P.C15H20N5O7P.2CH4/c1-10-18-17(8)20(37-38(35-12-11-26-9)32(15(4)5)16(6)7)24(36-18)31-13-27-19-21(31)28-25(30-23(19)34)29-22(33)14(2)3;1-6(2)12(22)18-15-17-11-9(13(23)19-15)16-5-20(11)14-10(27-28(24)25)7(3)8(4-21)26-14;;/h13-18,20,24H,10-12H2,1-8H3,(H2,28,29,30,33,34);5-8,10,14,21H,4H2,1-3H3,(H2-,17,18,19,22,23,24,25);2*1H4/p+1/t17-,18-,20-,24-,38?;7-,8-,10-,14-;;/m11../s1. The van der Waals surface area contributed by atoms with E-state index in [1.54, 1.807) is 39.2 Å². The molecule has 4 aromatic heterocycles. The molecule has 0 aromatic carbocycles. The third-order valence-corrected chi connectivity index (χ3v) is 13.6. The number of hydrogen-bond donors (Lipinski definition) is 6. The fourth-order valence-corrected chi connectivity index (χ4v) is 9.79. The molecule has 2 aliphatic heterocycles. The van der Waals surface area contributed by atoms with Crippen LogP contribution in [0.25, 0.3) is 27.2 Å². The van der Waals surface area contributed by atoms with E-state index in [4.69, 9.17) is 29.6 Å². The summed E-state index contributed by atoms with van der Waals surface area (Å²) in [6.07, 6.45) is -0.0756. The molecule has 0 saturated carbocycles. The van der Waals surface area contributed by atoms with Crippen molar-refractivity contribution in [2.24, 2.45) is 23.7 Å². The molecule has 6 heterocycles. The number of aromatic amines is 2. The number of anilines is 2. The normalized spacial score (nSPS) is 23.1. The molecule has 0 spiro atoms. The summed E-state index contributed by atoms with van der Waals surface area (Å²) in [5.41, 5.74) is -0.502. The van der Waals surface area contributed by atoms with E-state index in [-0.39, 0.29) is 117 Å². The Bertz CT molecular complexity index is 2480. The van der Waals surface area contributed by atoms with Crippen LogP contribution in [0.5, 0.6) is 0 Å². The number of rotatable bonds is 18. The lowest BCUT2D eigenvalue weighted by molar-refractivity contribution is -0.119. The van der Waals surface area contributed by atoms with Crippen molar-refractivity contribution in [3.8, 4) is 0 Å². The third-order valence-electron chi connectivity index (χ3n) is 11.0. The van der Waals surface area contributed by atoms with Gasteiger partial charge in [-0.2, -0.15) is 9.97 Å². The van der Waals surface area contributed by atoms with E-state index in [0.717, 1.165) is 6.42 Å². The molecular formula is C42H69N12O12P2+. The van der Waals surface area contributed by atoms with Crippen molar-refractivity contribution in [1.82, 2.24) is 43.7 Å². The average Bonchev–Trinajstić information content (AvgIpc) is 4.01. The molecule has 4 aromatic rings. The van der Waals surface area contributed by atoms with Crippen LogP contribution in [0.15, 0.2) is 22.2 Å². The van der Waals surface area contributed by atoms with Gasteiger partial charge in [0.1, 0.15) is 12.7 Å². The van der Waals surface area contributed by atoms with Crippen molar-refractivity contribution < 1.29 is 47.2 Å². The van der Waals surface area contributed by atoms with Gasteiger partial charge < -0.3 is 28.5 Å². The maximum absolute atomic E-state index is 12.8. The van der Waals surface area contributed by atoms with Crippen LogP contribution in [0.3, 0.4) is 0 Å². The van der Waals surface area contributed by atoms with E-state index in [9.17, 15) is 33.7 Å². The topological polar surface area (TPSA) is 297 Å². The van der Waals surface area contributed by atoms with E-state index in [1.807, 2.05) is 0 Å². The molecule has 0 aliphatic carbocycles. The summed E-state index contributed by atoms with van der Waals surface area (Å²) in [5.74, 6) is -1.63. The van der Waals surface area contributed by atoms with Gasteiger partial charge in [-0.05, 0) is 34.1 Å². The molecular weight excluding hydrogens is 926 g/mol. The van der Waals surface area contributed by atoms with Crippen molar-refractivity contribution >= 4 is 62.8 Å². The lowest BCUT2D eigenvalue weighted by Crippen LogP contribution is -2.36. The molecule has 6 N–H and O–H groups in total. The quantitative estimate of drug-likeness (QED) is 0.0386. The lowest BCUT2D eigenvalue weighted by atomic mass is 9.99. The van der Waals surface area contributed by atoms with Crippen LogP contribution in [0, 0.1) is 30.2 Å². The second-order valence-electron chi connectivity index (χ2n) is 17.1. The highest BCUT2D eigenvalue weighted by molar-refractivity contribution is 7.44. The van der Waals surface area contributed by atoms with Crippen molar-refractivity contribution in [2.45, 2.75) is 146 Å². The van der Waals surface area contributed by atoms with Gasteiger partial charge >= 0.3 is 8.25 Å². The first kappa shape index (κ1) is 57.7. The van der Waals surface area contributed by atoms with Crippen LogP contribution < -0.4 is 21.8 Å². The smallest absolute Gasteiger partial charge is 0.394 e. The van der Waals surface area contributed by atoms with Crippen LogP contribution in [0.1, 0.15) is 110 Å². The molecule has 26 heteroatoms. The second-order valence-corrected chi connectivity index (χ2v) is 19.2. The zero-order chi connectivity index (χ0) is 48.7. The minimum absolute atomic E-state index is 0. The Labute approximate surface area is 398 Å². The van der Waals surface area contributed by atoms with E-state index in [2.05, 4.69) is 91.6 Å². The van der Waals surface area contributed by atoms with Crippen molar-refractivity contribution in [3.63, 3.8) is 0 Å². The third kappa shape index (κ3) is 13.1. The first-order valence-electron chi connectivity index (χ1n) is 21.7. The molecule has 378 valence electrons. The molecule has 6 rings (SSSR count). The summed E-state index contributed by atoms with van der Waals surface area (Å²) < 4.78 is 46.7. The Hall–Kier alpha value is -4.66. The van der Waals surface area contributed by atoms with Gasteiger partial charge in [-0.25, -0.2) is 21.2 Å². The molecule has 0 radical (unpaired) electrons. The average molecular weight is 996 g/mol. The number of carbonyl (C=O) groups excluding carboxylic acids is 2. The number of nitrogens with zero attached hydrogens (tertiary/aromatic N) is 8. The number of aliphatic hydroxyl groups excluding tert-OH is 1. The highest BCUT2D eigenvalue weighted by Crippen LogP contribution is 2.52. The van der Waals surface area contributed by atoms with E-state index in [0.29, 0.717) is 0 Å². The number of aliphatic hydroxyl groups is 1. The molecule has 2 aliphatic rings. The summed E-state index contributed by atoms with van der Waals surface area (Å²) in [4.78, 5) is 83.9. The van der Waals surface area contributed by atoms with E-state index >= 15 is 0 Å². The first-order valence-corrected chi connectivity index (χ1v) is 24.0. The van der Waals surface area contributed by atoms with Gasteiger partial charge in [0, 0.05) is 40.3 Å². The molecule has 2 amide bonds. The van der Waals surface area contributed by atoms with Gasteiger partial charge in [0.05, 0.1) is 31.5 Å². The zero-order valence-corrected chi connectivity index (χ0v) is 40.6. The fourth-order valence-electron chi connectivity index (χ4n) is 7.49. The number of carbonyl (C=O) groups is 2. The van der Waals surface area contributed by atoms with Gasteiger partial charge in [0.15, 0.2) is 40.9 Å². The molecule has 2 fully saturated rings. The summed E-state index contributed by atoms with van der Waals surface area (Å²) in [6.45, 7) is 28.4. The van der Waals surface area contributed by atoms with Crippen LogP contribution >= 0.6 is 16.8 Å². The monoisotopic (exact) mass is 995 g/mol. The van der Waals surface area contributed by atoms with Gasteiger partial charge in [-0.3, -0.25) is 48.9 Å². The molecule has 10 atom stereocenters. The highest BCUT2D eigenvalue weighted by Gasteiger charge is 2.49. The zero-order valence-electron chi connectivity index (χ0n) is 38.9. The maximum Gasteiger partial charge on any atom is 0.695 e. The summed E-state index contributed by atoms with van der Waals surface area (Å²) in [7, 11) is -4.45. The number of nitrogens with one attached hydrogen (secondary N) is 4. The largest absolute Gasteiger partial charge is 0.695 e. The Morgan fingerprint density at radius 3 is 1.74 bits per heavy atom. The van der Waals surface area contributed by atoms with Gasteiger partial charge in [0.25, 0.3) is 19.6 Å². The summed E-state index contributed by atoms with van der Waals surface area (Å²) in [6, 6.07) is 0.294. The Balaban J connectivity index is 0.000000365. The molecule has 0 bridgehead atoms. The number of hydrogen-bond acceptors (Lipinski definition) is 16. The Kier molecular flexibility index (Phi) is 21.4. The van der Waals surface area contributed by atoms with Gasteiger partial charge in [-0.1, -0.05) is 63.3 Å². The predicted octanol–water partition coefficient (Wildman–Crippen LogP) is 5.87.